The Bertz CT molecular complexity index is 1410. The standard InChI is InChI=1S/C27H17BrN2O3/c28-21-12-14-22(15-13-21)30-26(31)20(17-29)16-19-7-2-4-11-25(19)33-27(32)24-10-5-8-18-6-1-3-9-23(18)24/h1-16H,(H,30,31)/b20-16+. The Labute approximate surface area is 199 Å². The third-order valence-electron chi connectivity index (χ3n) is 4.90. The molecule has 0 aliphatic carbocycles. The Kier molecular flexibility index (Phi) is 6.63. The van der Waals surface area contributed by atoms with Gasteiger partial charge in [-0.3, -0.25) is 4.79 Å². The van der Waals surface area contributed by atoms with Crippen LogP contribution in [0.1, 0.15) is 15.9 Å². The predicted molar refractivity (Wildman–Crippen MR) is 132 cm³/mol. The summed E-state index contributed by atoms with van der Waals surface area (Å²) in [5, 5.41) is 14.0. The van der Waals surface area contributed by atoms with Crippen molar-refractivity contribution in [2.75, 3.05) is 5.32 Å². The van der Waals surface area contributed by atoms with Crippen LogP contribution in [0.5, 0.6) is 5.75 Å². The van der Waals surface area contributed by atoms with Gasteiger partial charge in [-0.25, -0.2) is 4.79 Å². The average molecular weight is 497 g/mol. The minimum atomic E-state index is -0.560. The molecular weight excluding hydrogens is 480 g/mol. The lowest BCUT2D eigenvalue weighted by Crippen LogP contribution is -2.13. The molecule has 0 saturated carbocycles. The van der Waals surface area contributed by atoms with Gasteiger partial charge in [-0.05, 0) is 53.2 Å². The molecule has 0 radical (unpaired) electrons. The largest absolute Gasteiger partial charge is 0.422 e. The molecular formula is C27H17BrN2O3. The maximum atomic E-state index is 12.9. The highest BCUT2D eigenvalue weighted by molar-refractivity contribution is 9.10. The number of nitrogens with zero attached hydrogens (tertiary/aromatic N) is 1. The number of ether oxygens (including phenoxy) is 1. The van der Waals surface area contributed by atoms with Crippen molar-refractivity contribution in [3.8, 4) is 11.8 Å². The molecule has 0 bridgehead atoms. The van der Waals surface area contributed by atoms with Gasteiger partial charge in [-0.2, -0.15) is 5.26 Å². The molecule has 0 fully saturated rings. The zero-order valence-corrected chi connectivity index (χ0v) is 18.9. The smallest absolute Gasteiger partial charge is 0.344 e. The molecule has 1 amide bonds. The van der Waals surface area contributed by atoms with Crippen LogP contribution in [0.4, 0.5) is 5.69 Å². The van der Waals surface area contributed by atoms with Gasteiger partial charge in [0.15, 0.2) is 0 Å². The van der Waals surface area contributed by atoms with E-state index in [1.807, 2.05) is 36.4 Å². The first-order valence-electron chi connectivity index (χ1n) is 10.0. The fourth-order valence-corrected chi connectivity index (χ4v) is 3.55. The first-order valence-corrected chi connectivity index (χ1v) is 10.8. The van der Waals surface area contributed by atoms with Gasteiger partial charge in [0.1, 0.15) is 17.4 Å². The fraction of sp³-hybridized carbons (Fsp3) is 0. The van der Waals surface area contributed by atoms with Crippen LogP contribution in [-0.4, -0.2) is 11.9 Å². The summed E-state index contributed by atoms with van der Waals surface area (Å²) in [7, 11) is 0. The summed E-state index contributed by atoms with van der Waals surface area (Å²) < 4.78 is 6.54. The number of hydrogen-bond donors (Lipinski definition) is 1. The normalized spacial score (nSPS) is 11.0. The summed E-state index contributed by atoms with van der Waals surface area (Å²) in [5.41, 5.74) is 1.31. The number of amides is 1. The van der Waals surface area contributed by atoms with E-state index < -0.39 is 11.9 Å². The first-order chi connectivity index (χ1) is 16.0. The van der Waals surface area contributed by atoms with Crippen LogP contribution in [-0.2, 0) is 4.79 Å². The molecule has 6 heteroatoms. The Hall–Kier alpha value is -4.21. The van der Waals surface area contributed by atoms with E-state index >= 15 is 0 Å². The molecule has 4 aromatic rings. The van der Waals surface area contributed by atoms with Crippen LogP contribution in [0.2, 0.25) is 0 Å². The highest BCUT2D eigenvalue weighted by atomic mass is 79.9. The van der Waals surface area contributed by atoms with E-state index in [0.717, 1.165) is 15.2 Å². The lowest BCUT2D eigenvalue weighted by Gasteiger charge is -2.10. The van der Waals surface area contributed by atoms with E-state index in [-0.39, 0.29) is 11.3 Å². The molecule has 0 spiro atoms. The van der Waals surface area contributed by atoms with E-state index in [2.05, 4.69) is 21.2 Å². The van der Waals surface area contributed by atoms with Gasteiger partial charge in [0.25, 0.3) is 5.91 Å². The van der Waals surface area contributed by atoms with Crippen LogP contribution >= 0.6 is 15.9 Å². The number of halogens is 1. The number of fused-ring (bicyclic) bond motifs is 1. The number of carbonyl (C=O) groups is 2. The number of para-hydroxylation sites is 1. The second kappa shape index (κ2) is 9.94. The van der Waals surface area contributed by atoms with E-state index in [1.54, 1.807) is 60.7 Å². The van der Waals surface area contributed by atoms with Gasteiger partial charge in [0.05, 0.1) is 5.56 Å². The molecule has 0 atom stereocenters. The molecule has 160 valence electrons. The van der Waals surface area contributed by atoms with Crippen molar-refractivity contribution in [1.29, 1.82) is 5.26 Å². The van der Waals surface area contributed by atoms with Crippen LogP contribution in [0, 0.1) is 11.3 Å². The van der Waals surface area contributed by atoms with Crippen molar-refractivity contribution in [3.63, 3.8) is 0 Å². The van der Waals surface area contributed by atoms with Gasteiger partial charge < -0.3 is 10.1 Å². The van der Waals surface area contributed by atoms with Crippen molar-refractivity contribution in [3.05, 3.63) is 112 Å². The van der Waals surface area contributed by atoms with Crippen molar-refractivity contribution in [1.82, 2.24) is 0 Å². The van der Waals surface area contributed by atoms with E-state index in [1.165, 1.54) is 6.08 Å². The summed E-state index contributed by atoms with van der Waals surface area (Å²) >= 11 is 3.34. The van der Waals surface area contributed by atoms with E-state index in [4.69, 9.17) is 4.74 Å². The third-order valence-corrected chi connectivity index (χ3v) is 5.43. The molecule has 4 aromatic carbocycles. The highest BCUT2D eigenvalue weighted by Crippen LogP contribution is 2.25. The number of nitrogens with one attached hydrogen (secondary N) is 1. The first kappa shape index (κ1) is 22.0. The van der Waals surface area contributed by atoms with Crippen LogP contribution in [0.25, 0.3) is 16.8 Å². The highest BCUT2D eigenvalue weighted by Gasteiger charge is 2.16. The number of benzene rings is 4. The molecule has 33 heavy (non-hydrogen) atoms. The van der Waals surface area contributed by atoms with Crippen molar-refractivity contribution in [2.24, 2.45) is 0 Å². The molecule has 4 rings (SSSR count). The van der Waals surface area contributed by atoms with Crippen molar-refractivity contribution in [2.45, 2.75) is 0 Å². The lowest BCUT2D eigenvalue weighted by atomic mass is 10.0. The zero-order valence-electron chi connectivity index (χ0n) is 17.3. The fourth-order valence-electron chi connectivity index (χ4n) is 3.29. The minimum absolute atomic E-state index is 0.119. The van der Waals surface area contributed by atoms with Crippen molar-refractivity contribution < 1.29 is 14.3 Å². The number of nitriles is 1. The van der Waals surface area contributed by atoms with Crippen molar-refractivity contribution >= 4 is 50.3 Å². The number of rotatable bonds is 5. The predicted octanol–water partition coefficient (Wildman–Crippen LogP) is 6.37. The van der Waals surface area contributed by atoms with Crippen LogP contribution < -0.4 is 10.1 Å². The number of anilines is 1. The van der Waals surface area contributed by atoms with E-state index in [0.29, 0.717) is 16.8 Å². The maximum absolute atomic E-state index is 12.9. The molecule has 0 aliphatic rings. The van der Waals surface area contributed by atoms with Crippen LogP contribution in [0.15, 0.2) is 101 Å². The monoisotopic (exact) mass is 496 g/mol. The Balaban J connectivity index is 1.60. The van der Waals surface area contributed by atoms with Crippen LogP contribution in [0.3, 0.4) is 0 Å². The molecule has 0 aliphatic heterocycles. The maximum Gasteiger partial charge on any atom is 0.344 e. The topological polar surface area (TPSA) is 79.2 Å². The minimum Gasteiger partial charge on any atom is -0.422 e. The molecule has 5 nitrogen and oxygen atoms in total. The second-order valence-electron chi connectivity index (χ2n) is 7.08. The van der Waals surface area contributed by atoms with E-state index in [9.17, 15) is 14.9 Å². The summed E-state index contributed by atoms with van der Waals surface area (Å²) in [6.45, 7) is 0. The van der Waals surface area contributed by atoms with Gasteiger partial charge in [0, 0.05) is 15.7 Å². The Morgan fingerprint density at radius 1 is 0.879 bits per heavy atom. The Morgan fingerprint density at radius 3 is 2.36 bits per heavy atom. The third kappa shape index (κ3) is 5.17. The summed E-state index contributed by atoms with van der Waals surface area (Å²) in [6, 6.07) is 28.7. The summed E-state index contributed by atoms with van der Waals surface area (Å²) in [4.78, 5) is 25.6. The molecule has 0 aromatic heterocycles. The molecule has 0 heterocycles. The van der Waals surface area contributed by atoms with Gasteiger partial charge >= 0.3 is 5.97 Å². The lowest BCUT2D eigenvalue weighted by molar-refractivity contribution is -0.112. The molecule has 0 unspecified atom stereocenters. The SMILES string of the molecule is N#C/C(=C\c1ccccc1OC(=O)c1cccc2ccccc12)C(=O)Nc1ccc(Br)cc1. The zero-order chi connectivity index (χ0) is 23.2. The Morgan fingerprint density at radius 2 is 1.58 bits per heavy atom. The van der Waals surface area contributed by atoms with Gasteiger partial charge in [-0.1, -0.05) is 70.5 Å². The van der Waals surface area contributed by atoms with Gasteiger partial charge in [-0.15, -0.1) is 0 Å². The number of carbonyl (C=O) groups excluding carboxylic acids is 2. The second-order valence-corrected chi connectivity index (χ2v) is 8.00. The molecule has 0 saturated heterocycles. The molecule has 1 N–H and O–H groups in total. The number of hydrogen-bond acceptors (Lipinski definition) is 4. The number of esters is 1. The van der Waals surface area contributed by atoms with Gasteiger partial charge in [0.2, 0.25) is 0 Å². The average Bonchev–Trinajstić information content (AvgIpc) is 2.84. The summed E-state index contributed by atoms with van der Waals surface area (Å²) in [5.74, 6) is -0.833. The summed E-state index contributed by atoms with van der Waals surface area (Å²) in [6.07, 6.45) is 1.40. The quantitative estimate of drug-likeness (QED) is 0.151.